The maximum Gasteiger partial charge on any atom is 0.223 e. The van der Waals surface area contributed by atoms with Crippen molar-refractivity contribution in [1.29, 1.82) is 0 Å². The summed E-state index contributed by atoms with van der Waals surface area (Å²) in [6.45, 7) is 5.14. The molecular formula is C15H31N3O. The molecule has 0 spiro atoms. The van der Waals surface area contributed by atoms with Gasteiger partial charge in [0.25, 0.3) is 0 Å². The lowest BCUT2D eigenvalue weighted by molar-refractivity contribution is -0.127. The highest BCUT2D eigenvalue weighted by Gasteiger charge is 2.28. The van der Waals surface area contributed by atoms with Gasteiger partial charge in [0.1, 0.15) is 0 Å². The fourth-order valence-corrected chi connectivity index (χ4v) is 2.83. The molecule has 0 heterocycles. The number of nitrogens with zero attached hydrogens (tertiary/aromatic N) is 1. The molecule has 0 aliphatic heterocycles. The van der Waals surface area contributed by atoms with Gasteiger partial charge in [-0.05, 0) is 59.2 Å². The number of amides is 1. The highest BCUT2D eigenvalue weighted by Crippen LogP contribution is 2.29. The monoisotopic (exact) mass is 269 g/mol. The molecule has 0 aromatic carbocycles. The van der Waals surface area contributed by atoms with Gasteiger partial charge in [-0.25, -0.2) is 0 Å². The number of rotatable bonds is 6. The molecule has 1 saturated carbocycles. The third-order valence-electron chi connectivity index (χ3n) is 4.27. The van der Waals surface area contributed by atoms with Crippen LogP contribution in [0.4, 0.5) is 0 Å². The number of nitrogens with two attached hydrogens (primary N) is 1. The SMILES string of the molecule is CC(CCN(C)C)NC(=O)C(C)C1CCCC(N)C1. The van der Waals surface area contributed by atoms with Gasteiger partial charge in [-0.2, -0.15) is 0 Å². The van der Waals surface area contributed by atoms with Crippen LogP contribution in [0.3, 0.4) is 0 Å². The molecule has 1 fully saturated rings. The average Bonchev–Trinajstić information content (AvgIpc) is 2.35. The molecule has 19 heavy (non-hydrogen) atoms. The Kier molecular flexibility index (Phi) is 6.80. The van der Waals surface area contributed by atoms with Gasteiger partial charge in [0.05, 0.1) is 0 Å². The van der Waals surface area contributed by atoms with Crippen LogP contribution < -0.4 is 11.1 Å². The van der Waals surface area contributed by atoms with Gasteiger partial charge in [0.15, 0.2) is 0 Å². The second-order valence-corrected chi connectivity index (χ2v) is 6.48. The second kappa shape index (κ2) is 7.85. The Balaban J connectivity index is 2.35. The Labute approximate surface area is 118 Å². The van der Waals surface area contributed by atoms with Crippen LogP contribution in [0.25, 0.3) is 0 Å². The molecule has 0 saturated heterocycles. The molecule has 1 amide bonds. The summed E-state index contributed by atoms with van der Waals surface area (Å²) in [5.41, 5.74) is 6.01. The van der Waals surface area contributed by atoms with Crippen molar-refractivity contribution < 1.29 is 4.79 Å². The zero-order valence-corrected chi connectivity index (χ0v) is 13.0. The van der Waals surface area contributed by atoms with Crippen molar-refractivity contribution in [2.45, 2.75) is 58.0 Å². The zero-order chi connectivity index (χ0) is 14.4. The lowest BCUT2D eigenvalue weighted by atomic mass is 9.78. The summed E-state index contributed by atoms with van der Waals surface area (Å²) < 4.78 is 0. The van der Waals surface area contributed by atoms with Crippen LogP contribution in [-0.4, -0.2) is 43.5 Å². The second-order valence-electron chi connectivity index (χ2n) is 6.48. The van der Waals surface area contributed by atoms with E-state index in [0.717, 1.165) is 32.2 Å². The summed E-state index contributed by atoms with van der Waals surface area (Å²) in [6, 6.07) is 0.537. The molecule has 4 heteroatoms. The number of nitrogens with one attached hydrogen (secondary N) is 1. The van der Waals surface area contributed by atoms with Gasteiger partial charge in [-0.1, -0.05) is 13.3 Å². The van der Waals surface area contributed by atoms with Crippen LogP contribution in [0.1, 0.15) is 46.0 Å². The summed E-state index contributed by atoms with van der Waals surface area (Å²) >= 11 is 0. The summed E-state index contributed by atoms with van der Waals surface area (Å²) in [5.74, 6) is 0.753. The third-order valence-corrected chi connectivity index (χ3v) is 4.27. The number of carbonyl (C=O) groups excluding carboxylic acids is 1. The van der Waals surface area contributed by atoms with Crippen molar-refractivity contribution in [2.75, 3.05) is 20.6 Å². The highest BCUT2D eigenvalue weighted by atomic mass is 16.1. The number of hydrogen-bond acceptors (Lipinski definition) is 3. The van der Waals surface area contributed by atoms with Crippen LogP contribution in [0.15, 0.2) is 0 Å². The average molecular weight is 269 g/mol. The smallest absolute Gasteiger partial charge is 0.223 e. The van der Waals surface area contributed by atoms with E-state index in [9.17, 15) is 4.79 Å². The van der Waals surface area contributed by atoms with Gasteiger partial charge in [0.2, 0.25) is 5.91 Å². The minimum Gasteiger partial charge on any atom is -0.353 e. The number of hydrogen-bond donors (Lipinski definition) is 2. The van der Waals surface area contributed by atoms with Crippen molar-refractivity contribution in [3.05, 3.63) is 0 Å². The van der Waals surface area contributed by atoms with Crippen LogP contribution in [0.2, 0.25) is 0 Å². The van der Waals surface area contributed by atoms with E-state index >= 15 is 0 Å². The fraction of sp³-hybridized carbons (Fsp3) is 0.933. The first-order valence-corrected chi connectivity index (χ1v) is 7.60. The standard InChI is InChI=1S/C15H31N3O/c1-11(8-9-18(3)4)17-15(19)12(2)13-6-5-7-14(16)10-13/h11-14H,5-10,16H2,1-4H3,(H,17,19). The third kappa shape index (κ3) is 5.91. The largest absolute Gasteiger partial charge is 0.353 e. The molecular weight excluding hydrogens is 238 g/mol. The first kappa shape index (κ1) is 16.4. The predicted octanol–water partition coefficient (Wildman–Crippen LogP) is 1.60. The topological polar surface area (TPSA) is 58.4 Å². The Hall–Kier alpha value is -0.610. The van der Waals surface area contributed by atoms with Gasteiger partial charge < -0.3 is 16.0 Å². The molecule has 0 radical (unpaired) electrons. The molecule has 4 unspecified atom stereocenters. The zero-order valence-electron chi connectivity index (χ0n) is 13.0. The molecule has 0 aromatic heterocycles. The van der Waals surface area contributed by atoms with Crippen molar-refractivity contribution in [3.63, 3.8) is 0 Å². The van der Waals surface area contributed by atoms with Crippen molar-refractivity contribution in [1.82, 2.24) is 10.2 Å². The molecule has 1 rings (SSSR count). The van der Waals surface area contributed by atoms with Crippen molar-refractivity contribution >= 4 is 5.91 Å². The van der Waals surface area contributed by atoms with E-state index in [1.807, 2.05) is 0 Å². The van der Waals surface area contributed by atoms with E-state index in [1.165, 1.54) is 6.42 Å². The van der Waals surface area contributed by atoms with E-state index < -0.39 is 0 Å². The maximum absolute atomic E-state index is 12.2. The summed E-state index contributed by atoms with van der Waals surface area (Å²) in [4.78, 5) is 14.4. The quantitative estimate of drug-likeness (QED) is 0.770. The van der Waals surface area contributed by atoms with E-state index in [0.29, 0.717) is 12.0 Å². The first-order chi connectivity index (χ1) is 8.90. The van der Waals surface area contributed by atoms with Crippen LogP contribution in [0, 0.1) is 11.8 Å². The van der Waals surface area contributed by atoms with Gasteiger partial charge in [-0.3, -0.25) is 4.79 Å². The lowest BCUT2D eigenvalue weighted by Gasteiger charge is -2.31. The molecule has 4 nitrogen and oxygen atoms in total. The number of carbonyl (C=O) groups is 1. The molecule has 3 N–H and O–H groups in total. The Morgan fingerprint density at radius 3 is 2.63 bits per heavy atom. The van der Waals surface area contributed by atoms with Crippen molar-refractivity contribution in [2.24, 2.45) is 17.6 Å². The van der Waals surface area contributed by atoms with Crippen LogP contribution >= 0.6 is 0 Å². The normalized spacial score (nSPS) is 27.1. The molecule has 112 valence electrons. The van der Waals surface area contributed by atoms with Gasteiger partial charge >= 0.3 is 0 Å². The minimum atomic E-state index is 0.0909. The van der Waals surface area contributed by atoms with Gasteiger partial charge in [-0.15, -0.1) is 0 Å². The van der Waals surface area contributed by atoms with E-state index in [4.69, 9.17) is 5.73 Å². The first-order valence-electron chi connectivity index (χ1n) is 7.60. The Morgan fingerprint density at radius 1 is 1.37 bits per heavy atom. The minimum absolute atomic E-state index is 0.0909. The van der Waals surface area contributed by atoms with E-state index in [1.54, 1.807) is 0 Å². The summed E-state index contributed by atoms with van der Waals surface area (Å²) in [7, 11) is 4.11. The molecule has 0 bridgehead atoms. The molecule has 1 aliphatic carbocycles. The van der Waals surface area contributed by atoms with E-state index in [-0.39, 0.29) is 17.9 Å². The van der Waals surface area contributed by atoms with Crippen LogP contribution in [0.5, 0.6) is 0 Å². The summed E-state index contributed by atoms with van der Waals surface area (Å²) in [6.07, 6.45) is 5.42. The van der Waals surface area contributed by atoms with Gasteiger partial charge in [0, 0.05) is 18.0 Å². The van der Waals surface area contributed by atoms with Crippen LogP contribution in [-0.2, 0) is 4.79 Å². The lowest BCUT2D eigenvalue weighted by Crippen LogP contribution is -2.42. The summed E-state index contributed by atoms with van der Waals surface area (Å²) in [5, 5.41) is 3.14. The molecule has 1 aliphatic rings. The highest BCUT2D eigenvalue weighted by molar-refractivity contribution is 5.78. The Bertz CT molecular complexity index is 281. The molecule has 4 atom stereocenters. The molecule has 0 aromatic rings. The predicted molar refractivity (Wildman–Crippen MR) is 79.9 cm³/mol. The fourth-order valence-electron chi connectivity index (χ4n) is 2.83. The Morgan fingerprint density at radius 2 is 2.05 bits per heavy atom. The maximum atomic E-state index is 12.2. The van der Waals surface area contributed by atoms with Crippen molar-refractivity contribution in [3.8, 4) is 0 Å². The van der Waals surface area contributed by atoms with E-state index in [2.05, 4.69) is 38.2 Å².